The van der Waals surface area contributed by atoms with E-state index in [9.17, 15) is 19.2 Å². The molecule has 0 saturated heterocycles. The molecule has 15 heteroatoms. The van der Waals surface area contributed by atoms with Crippen molar-refractivity contribution in [2.75, 3.05) is 42.7 Å². The molecule has 0 bridgehead atoms. The van der Waals surface area contributed by atoms with Gasteiger partial charge in [-0.1, -0.05) is 53.9 Å². The monoisotopic (exact) mass is 772 g/mol. The molecule has 0 heterocycles. The molecule has 0 radical (unpaired) electrons. The van der Waals surface area contributed by atoms with Gasteiger partial charge in [0.25, 0.3) is 0 Å². The minimum absolute atomic E-state index is 0.0900. The van der Waals surface area contributed by atoms with E-state index in [1.54, 1.807) is 45.0 Å². The summed E-state index contributed by atoms with van der Waals surface area (Å²) in [5.74, 6) is 2.35. The fraction of sp³-hybridized carbons (Fsp3) is 0.421. The Hall–Kier alpha value is -4.76. The van der Waals surface area contributed by atoms with Crippen molar-refractivity contribution >= 4 is 45.8 Å². The maximum Gasteiger partial charge on any atom is 0.408 e. The van der Waals surface area contributed by atoms with E-state index in [1.165, 1.54) is 42.7 Å². The molecule has 0 saturated carbocycles. The largest absolute Gasteiger partial charge is 0.496 e. The first-order valence-electron chi connectivity index (χ1n) is 16.5. The van der Waals surface area contributed by atoms with E-state index in [-0.39, 0.29) is 29.5 Å². The first kappa shape index (κ1) is 42.7. The lowest BCUT2D eigenvalue weighted by atomic mass is 10.0. The van der Waals surface area contributed by atoms with Crippen molar-refractivity contribution in [1.29, 1.82) is 0 Å². The average Bonchev–Trinajstić information content (AvgIpc) is 3.14. The Morgan fingerprint density at radius 3 is 1.55 bits per heavy atom. The van der Waals surface area contributed by atoms with Crippen LogP contribution >= 0.6 is 23.5 Å². The first-order chi connectivity index (χ1) is 25.2. The Labute approximate surface area is 319 Å². The van der Waals surface area contributed by atoms with Crippen LogP contribution in [0.5, 0.6) is 34.5 Å². The van der Waals surface area contributed by atoms with Gasteiger partial charge in [0.05, 0.1) is 42.7 Å². The number of carbonyl (C=O) groups is 4. The predicted octanol–water partition coefficient (Wildman–Crippen LogP) is 5.97. The minimum atomic E-state index is -1.28. The topological polar surface area (TPSA) is 157 Å². The summed E-state index contributed by atoms with van der Waals surface area (Å²) in [6.07, 6.45) is -1.07. The zero-order chi connectivity index (χ0) is 39.1. The van der Waals surface area contributed by atoms with Gasteiger partial charge in [0, 0.05) is 59.7 Å². The molecule has 13 nitrogen and oxygen atoms in total. The smallest absolute Gasteiger partial charge is 0.408 e. The number of hydrogen-bond donors (Lipinski definition) is 2. The standard InChI is InChI=1S/C38H48N2O11S2/c1-38(2,3)51-37(44)40-28(15-23-13-11-10-12-14-23)35(42)39-29(36(43)53-22-27-32(49-8)18-25(46-5)19-33(27)50-9)20-34(41)52-21-26-30(47-6)16-24(45-4)17-31(26)48-7/h10-14,16-19,28-29H,15,20-22H2,1-9H3,(H,39,42)(H,40,44)/t28-,29-/m0/s1. The van der Waals surface area contributed by atoms with E-state index in [4.69, 9.17) is 33.2 Å². The molecule has 53 heavy (non-hydrogen) atoms. The number of carbonyl (C=O) groups excluding carboxylic acids is 4. The average molecular weight is 773 g/mol. The van der Waals surface area contributed by atoms with Gasteiger partial charge >= 0.3 is 6.09 Å². The molecule has 3 aromatic rings. The van der Waals surface area contributed by atoms with Crippen molar-refractivity contribution < 1.29 is 52.3 Å². The maximum atomic E-state index is 14.0. The molecule has 0 fully saturated rings. The predicted molar refractivity (Wildman–Crippen MR) is 205 cm³/mol. The van der Waals surface area contributed by atoms with E-state index in [1.807, 2.05) is 30.3 Å². The lowest BCUT2D eigenvalue weighted by Crippen LogP contribution is -2.53. The van der Waals surface area contributed by atoms with Crippen molar-refractivity contribution in [3.63, 3.8) is 0 Å². The highest BCUT2D eigenvalue weighted by atomic mass is 32.2. The highest BCUT2D eigenvalue weighted by molar-refractivity contribution is 8.13. The molecule has 288 valence electrons. The van der Waals surface area contributed by atoms with E-state index in [0.29, 0.717) is 45.6 Å². The molecule has 0 aliphatic heterocycles. The van der Waals surface area contributed by atoms with Gasteiger partial charge in [0.1, 0.15) is 52.2 Å². The highest BCUT2D eigenvalue weighted by Gasteiger charge is 2.31. The van der Waals surface area contributed by atoms with Crippen molar-refractivity contribution in [2.45, 2.75) is 62.8 Å². The summed E-state index contributed by atoms with van der Waals surface area (Å²) in [5, 5.41) is 4.50. The minimum Gasteiger partial charge on any atom is -0.496 e. The number of benzene rings is 3. The SMILES string of the molecule is COc1cc(OC)c(CSC(=O)C[C@H](NC(=O)[C@H](Cc2ccccc2)NC(=O)OC(C)(C)C)C(=O)SCc2c(OC)cc(OC)cc2OC)c(OC)c1. The molecule has 0 aliphatic rings. The molecular formula is C38H48N2O11S2. The summed E-state index contributed by atoms with van der Waals surface area (Å²) in [5.41, 5.74) is 1.12. The maximum absolute atomic E-state index is 14.0. The van der Waals surface area contributed by atoms with E-state index < -0.39 is 34.8 Å². The van der Waals surface area contributed by atoms with Gasteiger partial charge in [-0.25, -0.2) is 4.79 Å². The summed E-state index contributed by atoms with van der Waals surface area (Å²) in [7, 11) is 8.99. The summed E-state index contributed by atoms with van der Waals surface area (Å²) in [6, 6.07) is 13.4. The third-order valence-corrected chi connectivity index (χ3v) is 9.56. The number of thioether (sulfide) groups is 2. The summed E-state index contributed by atoms with van der Waals surface area (Å²) >= 11 is 1.82. The Morgan fingerprint density at radius 1 is 0.642 bits per heavy atom. The fourth-order valence-electron chi connectivity index (χ4n) is 5.04. The van der Waals surface area contributed by atoms with Gasteiger partial charge < -0.3 is 43.8 Å². The van der Waals surface area contributed by atoms with Crippen LogP contribution in [0.25, 0.3) is 0 Å². The Bertz CT molecular complexity index is 1660. The highest BCUT2D eigenvalue weighted by Crippen LogP contribution is 2.38. The number of alkyl carbamates (subject to hydrolysis) is 1. The molecule has 3 aromatic carbocycles. The van der Waals surface area contributed by atoms with Crippen LogP contribution in [0.2, 0.25) is 0 Å². The van der Waals surface area contributed by atoms with Crippen LogP contribution in [-0.4, -0.2) is 82.6 Å². The Balaban J connectivity index is 1.91. The van der Waals surface area contributed by atoms with Crippen molar-refractivity contribution in [2.24, 2.45) is 0 Å². The fourth-order valence-corrected chi connectivity index (χ4v) is 6.83. The van der Waals surface area contributed by atoms with Gasteiger partial charge in [0.15, 0.2) is 5.12 Å². The number of methoxy groups -OCH3 is 6. The molecule has 0 spiro atoms. The number of ether oxygens (including phenoxy) is 7. The van der Waals surface area contributed by atoms with Crippen LogP contribution in [0.4, 0.5) is 4.79 Å². The second kappa shape index (κ2) is 20.5. The lowest BCUT2D eigenvalue weighted by molar-refractivity contribution is -0.127. The molecule has 2 atom stereocenters. The molecule has 2 N–H and O–H groups in total. The summed E-state index contributed by atoms with van der Waals surface area (Å²) < 4.78 is 38.2. The normalized spacial score (nSPS) is 12.1. The third kappa shape index (κ3) is 13.0. The van der Waals surface area contributed by atoms with Crippen LogP contribution in [0.3, 0.4) is 0 Å². The quantitative estimate of drug-likeness (QED) is 0.156. The van der Waals surface area contributed by atoms with Crippen molar-refractivity contribution in [1.82, 2.24) is 10.6 Å². The van der Waals surface area contributed by atoms with Crippen LogP contribution < -0.4 is 39.1 Å². The molecule has 0 unspecified atom stereocenters. The van der Waals surface area contributed by atoms with Crippen LogP contribution in [0, 0.1) is 0 Å². The van der Waals surface area contributed by atoms with Gasteiger partial charge in [-0.2, -0.15) is 0 Å². The first-order valence-corrected chi connectivity index (χ1v) is 18.5. The van der Waals surface area contributed by atoms with Crippen LogP contribution in [-0.2, 0) is 37.0 Å². The molecular weight excluding hydrogens is 725 g/mol. The van der Waals surface area contributed by atoms with Gasteiger partial charge in [-0.05, 0) is 26.3 Å². The molecule has 3 rings (SSSR count). The second-order valence-electron chi connectivity index (χ2n) is 12.4. The number of hydrogen-bond acceptors (Lipinski definition) is 13. The van der Waals surface area contributed by atoms with Crippen molar-refractivity contribution in [3.8, 4) is 34.5 Å². The second-order valence-corrected chi connectivity index (χ2v) is 14.5. The van der Waals surface area contributed by atoms with Gasteiger partial charge in [-0.3, -0.25) is 14.4 Å². The zero-order valence-corrected chi connectivity index (χ0v) is 33.1. The van der Waals surface area contributed by atoms with Crippen LogP contribution in [0.15, 0.2) is 54.6 Å². The number of nitrogens with one attached hydrogen (secondary N) is 2. The summed E-state index contributed by atoms with van der Waals surface area (Å²) in [4.78, 5) is 54.3. The molecule has 2 amide bonds. The van der Waals surface area contributed by atoms with Crippen LogP contribution in [0.1, 0.15) is 43.9 Å². The number of rotatable bonds is 18. The van der Waals surface area contributed by atoms with Gasteiger partial charge in [0.2, 0.25) is 11.0 Å². The van der Waals surface area contributed by atoms with E-state index >= 15 is 0 Å². The zero-order valence-electron chi connectivity index (χ0n) is 31.5. The lowest BCUT2D eigenvalue weighted by Gasteiger charge is -2.25. The third-order valence-electron chi connectivity index (χ3n) is 7.63. The molecule has 0 aromatic heterocycles. The van der Waals surface area contributed by atoms with Gasteiger partial charge in [-0.15, -0.1) is 0 Å². The molecule has 0 aliphatic carbocycles. The Morgan fingerprint density at radius 2 is 1.11 bits per heavy atom. The number of amides is 2. The summed E-state index contributed by atoms with van der Waals surface area (Å²) in [6.45, 7) is 5.12. The van der Waals surface area contributed by atoms with E-state index in [2.05, 4.69) is 10.6 Å². The van der Waals surface area contributed by atoms with E-state index in [0.717, 1.165) is 29.1 Å². The van der Waals surface area contributed by atoms with Crippen molar-refractivity contribution in [3.05, 3.63) is 71.3 Å². The Kier molecular flexibility index (Phi) is 16.5.